The van der Waals surface area contributed by atoms with Crippen LogP contribution in [0.25, 0.3) is 74.6 Å². The molecular weight excluding hydrogens is 1630 g/mol. The molecular formula is C39H25N3S35. The average molecular weight is 1660 g/mol. The molecule has 0 saturated carbocycles. The van der Waals surface area contributed by atoms with Crippen molar-refractivity contribution in [1.29, 1.82) is 0 Å². The van der Waals surface area contributed by atoms with E-state index in [0.29, 0.717) is 0 Å². The number of hydrogen-bond acceptors (Lipinski definition) is 8. The van der Waals surface area contributed by atoms with Crippen LogP contribution in [0.2, 0.25) is 0 Å². The van der Waals surface area contributed by atoms with Gasteiger partial charge in [-0.05, 0) is 11.1 Å². The van der Waals surface area contributed by atoms with Gasteiger partial charge < -0.3 is 0 Å². The zero-order chi connectivity index (χ0) is 53.2. The van der Waals surface area contributed by atoms with Crippen LogP contribution in [0.4, 0.5) is 0 Å². The second kappa shape index (κ2) is 42.0. The summed E-state index contributed by atoms with van der Waals surface area (Å²) >= 11 is 14.7. The van der Waals surface area contributed by atoms with Gasteiger partial charge >= 0.3 is 0 Å². The minimum atomic E-state index is 0.859. The fourth-order valence-electron chi connectivity index (χ4n) is 5.60. The van der Waals surface area contributed by atoms with E-state index in [0.717, 1.165) is 74.6 Å². The molecule has 0 N–H and O–H groups in total. The minimum Gasteiger partial charge on any atom is -0.234 e. The summed E-state index contributed by atoms with van der Waals surface area (Å²) < 4.78 is 0. The molecule has 77 heavy (non-hydrogen) atoms. The van der Waals surface area contributed by atoms with Crippen molar-refractivity contribution in [3.05, 3.63) is 152 Å². The molecule has 406 valence electrons. The molecule has 0 aliphatic carbocycles. The molecule has 3 nitrogen and oxygen atoms in total. The fraction of sp³-hybridized carbons (Fsp3) is 0. The first kappa shape index (κ1) is 66.6. The Morgan fingerprint density at radius 2 is 0.416 bits per heavy atom. The summed E-state index contributed by atoms with van der Waals surface area (Å²) in [6, 6.07) is 52.3. The van der Waals surface area contributed by atoms with Crippen LogP contribution in [0.1, 0.15) is 0 Å². The van der Waals surface area contributed by atoms with Gasteiger partial charge in [-0.15, -0.1) is 34.0 Å². The molecule has 0 unspecified atom stereocenters. The highest BCUT2D eigenvalue weighted by Gasteiger charge is 2.27. The zero-order valence-electron chi connectivity index (χ0n) is 37.1. The van der Waals surface area contributed by atoms with E-state index in [1.807, 2.05) is 160 Å². The van der Waals surface area contributed by atoms with Gasteiger partial charge in [0.15, 0.2) is 0 Å². The number of aromatic nitrogens is 3. The molecule has 0 atom stereocenters. The second-order valence-electron chi connectivity index (χ2n) is 12.5. The molecule has 0 amide bonds. The third kappa shape index (κ3) is 24.7. The van der Waals surface area contributed by atoms with Crippen molar-refractivity contribution in [2.24, 2.45) is 0 Å². The maximum absolute atomic E-state index is 5.36. The standard InChI is InChI=1S/C39H25N3S3.S32/c1-6-16-26(17-7-1)34-31(40-37(43-34)28-20-10-3-11-21-28)32-36(45-38(41-32)29-22-12-4-13-23-29)33-35(27-18-8-2-9-19-27)44-39(42-33)30-24-14-5-15-25-30;1-3-5-7-9-11-13-15-17-19-21-23-25-27-29-31-32-30-28-26-24-22-20-18-16-14-12-10-8-6-4-2/h1-25H;. The molecule has 3 heterocycles. The first-order valence-electron chi connectivity index (χ1n) is 19.8. The first-order valence-corrected chi connectivity index (χ1v) is 63.6. The van der Waals surface area contributed by atoms with Crippen molar-refractivity contribution in [3.8, 4) is 74.6 Å². The number of nitrogens with zero attached hydrogens (tertiary/aromatic N) is 3. The van der Waals surface area contributed by atoms with Gasteiger partial charge in [0.2, 0.25) is 0 Å². The summed E-state index contributed by atoms with van der Waals surface area (Å²) in [4.78, 5) is 19.3. The van der Waals surface area contributed by atoms with Crippen LogP contribution in [0.3, 0.4) is 0 Å². The van der Waals surface area contributed by atoms with Gasteiger partial charge in [0, 0.05) is 305 Å². The molecule has 0 bridgehead atoms. The van der Waals surface area contributed by atoms with Crippen LogP contribution in [-0.2, 0) is 289 Å². The van der Waals surface area contributed by atoms with Gasteiger partial charge in [0.05, 0.1) is 14.6 Å². The van der Waals surface area contributed by atoms with Crippen LogP contribution < -0.4 is 0 Å². The second-order valence-corrected chi connectivity index (χ2v) is 68.5. The first-order chi connectivity index (χ1) is 38.2. The summed E-state index contributed by atoms with van der Waals surface area (Å²) in [5.74, 6) is 0. The lowest BCUT2D eigenvalue weighted by Crippen LogP contribution is -1.88. The normalized spacial score (nSPS) is 9.66. The summed E-state index contributed by atoms with van der Waals surface area (Å²) in [6.45, 7) is 0. The van der Waals surface area contributed by atoms with Crippen molar-refractivity contribution in [2.75, 3.05) is 0 Å². The highest BCUT2D eigenvalue weighted by atomic mass is 33.5. The molecule has 0 aliphatic heterocycles. The molecule has 3 aromatic heterocycles. The maximum Gasteiger partial charge on any atom is 0.124 e. The van der Waals surface area contributed by atoms with Crippen molar-refractivity contribution < 1.29 is 0 Å². The summed E-state index contributed by atoms with van der Waals surface area (Å²) in [5.41, 5.74) is 8.21. The Labute approximate surface area is 553 Å². The van der Waals surface area contributed by atoms with E-state index in [-0.39, 0.29) is 0 Å². The highest BCUT2D eigenvalue weighted by Crippen LogP contribution is 2.50. The molecule has 0 spiro atoms. The smallest absolute Gasteiger partial charge is 0.124 e. The van der Waals surface area contributed by atoms with Gasteiger partial charge in [0.1, 0.15) is 32.1 Å². The molecule has 0 saturated heterocycles. The van der Waals surface area contributed by atoms with E-state index in [1.165, 1.54) is 17.8 Å². The average Bonchev–Trinajstić information content (AvgIpc) is 4.26. The van der Waals surface area contributed by atoms with Crippen LogP contribution in [0, 0.1) is 0 Å². The van der Waals surface area contributed by atoms with Gasteiger partial charge in [-0.3, -0.25) is 0 Å². The summed E-state index contributed by atoms with van der Waals surface area (Å²) in [6.07, 6.45) is 0. The lowest BCUT2D eigenvalue weighted by Gasteiger charge is -2.04. The van der Waals surface area contributed by atoms with Crippen LogP contribution in [0.5, 0.6) is 0 Å². The number of benzene rings is 5. The molecule has 8 aromatic rings. The Kier molecular flexibility index (Phi) is 36.3. The summed E-state index contributed by atoms with van der Waals surface area (Å²) in [5, 5.41) is 2.90. The quantitative estimate of drug-likeness (QED) is 0.159. The van der Waals surface area contributed by atoms with Crippen LogP contribution in [0.15, 0.2) is 152 Å². The third-order valence-corrected chi connectivity index (χ3v) is 76.1. The Balaban J connectivity index is 0.000000240. The van der Waals surface area contributed by atoms with E-state index >= 15 is 0 Å². The van der Waals surface area contributed by atoms with Crippen molar-refractivity contribution in [2.45, 2.75) is 0 Å². The number of rotatable bonds is 7. The largest absolute Gasteiger partial charge is 0.234 e. The molecule has 38 heteroatoms. The molecule has 8 rings (SSSR count). The monoisotopic (exact) mass is 1650 g/mol. The predicted molar refractivity (Wildman–Crippen MR) is 427 cm³/mol. The van der Waals surface area contributed by atoms with Crippen molar-refractivity contribution in [1.82, 2.24) is 15.0 Å². The topological polar surface area (TPSA) is 38.7 Å². The molecule has 0 radical (unpaired) electrons. The lowest BCUT2D eigenvalue weighted by atomic mass is 10.1. The minimum absolute atomic E-state index is 0.859. The maximum atomic E-state index is 5.36. The Bertz CT molecular complexity index is 4530. The van der Waals surface area contributed by atoms with E-state index in [2.05, 4.69) is 133 Å². The highest BCUT2D eigenvalue weighted by molar-refractivity contribution is 8.80. The fourth-order valence-corrected chi connectivity index (χ4v) is 85.7. The number of hydrogen-bond donors (Lipinski definition) is 0. The summed E-state index contributed by atoms with van der Waals surface area (Å²) in [7, 11) is 52.8. The van der Waals surface area contributed by atoms with E-state index in [4.69, 9.17) is 37.3 Å². The van der Waals surface area contributed by atoms with E-state index in [1.54, 1.807) is 141 Å². The van der Waals surface area contributed by atoms with E-state index in [9.17, 15) is 0 Å². The van der Waals surface area contributed by atoms with Gasteiger partial charge in [-0.25, -0.2) is 15.0 Å². The van der Waals surface area contributed by atoms with Crippen LogP contribution in [-0.4, -0.2) is 15.0 Å². The number of thiazole rings is 3. The third-order valence-electron chi connectivity index (χ3n) is 8.26. The molecule has 5 aromatic carbocycles. The van der Waals surface area contributed by atoms with Crippen molar-refractivity contribution in [3.63, 3.8) is 0 Å². The predicted octanol–water partition coefficient (Wildman–Crippen LogP) is 11.6. The molecule has 0 fully saturated rings. The van der Waals surface area contributed by atoms with Gasteiger partial charge in [0.25, 0.3) is 0 Å². The van der Waals surface area contributed by atoms with Gasteiger partial charge in [-0.2, -0.15) is 0 Å². The Morgan fingerprint density at radius 3 is 0.675 bits per heavy atom. The van der Waals surface area contributed by atoms with Crippen LogP contribution >= 0.6 is 34.0 Å². The Morgan fingerprint density at radius 1 is 0.221 bits per heavy atom. The zero-order valence-corrected chi connectivity index (χ0v) is 65.6. The lowest BCUT2D eigenvalue weighted by molar-refractivity contribution is 1.32. The molecule has 0 aliphatic rings. The van der Waals surface area contributed by atoms with E-state index < -0.39 is 0 Å². The SMILES string of the molecule is S=S=S=S=S=S=S=S=S=S=S=S=S=S=S=S=S=S=S=S=S=S=S=S=S=S=S=S=S=S=S=S.c1ccc(-c2nc(-c3nc(-c4ccccc4)sc3-c3nc(-c4ccccc4)sc3-c3ccccc3)c(-c3ccccc3)s2)cc1. The van der Waals surface area contributed by atoms with Gasteiger partial charge in [-0.1, -0.05) is 152 Å². The van der Waals surface area contributed by atoms with Crippen molar-refractivity contribution >= 4 is 323 Å². The Hall–Kier alpha value is 2.03.